The van der Waals surface area contributed by atoms with Crippen molar-refractivity contribution in [2.75, 3.05) is 57.8 Å². The highest BCUT2D eigenvalue weighted by Gasteiger charge is 2.40. The van der Waals surface area contributed by atoms with E-state index in [0.717, 1.165) is 70.8 Å². The fraction of sp³-hybridized carbons (Fsp3) is 0.650. The van der Waals surface area contributed by atoms with Crippen LogP contribution in [0, 0.1) is 5.82 Å². The molecule has 0 N–H and O–H groups in total. The van der Waals surface area contributed by atoms with Gasteiger partial charge in [0.05, 0.1) is 6.04 Å². The summed E-state index contributed by atoms with van der Waals surface area (Å²) < 4.78 is 13.1. The number of carbonyl (C=O) groups excluding carboxylic acids is 1. The Morgan fingerprint density at radius 2 is 1.62 bits per heavy atom. The molecular weight excluding hydrogens is 331 g/mol. The minimum atomic E-state index is -0.180. The summed E-state index contributed by atoms with van der Waals surface area (Å²) in [5, 5.41) is 0. The Balaban J connectivity index is 1.26. The van der Waals surface area contributed by atoms with E-state index >= 15 is 0 Å². The third-order valence-electron chi connectivity index (χ3n) is 6.24. The number of rotatable bonds is 3. The summed E-state index contributed by atoms with van der Waals surface area (Å²) in [6.45, 7) is 6.96. The number of nitrogens with zero attached hydrogens (tertiary/aromatic N) is 4. The maximum Gasteiger partial charge on any atom is 0.239 e. The van der Waals surface area contributed by atoms with Crippen molar-refractivity contribution in [3.8, 4) is 0 Å². The van der Waals surface area contributed by atoms with Gasteiger partial charge >= 0.3 is 0 Å². The number of likely N-dealkylation sites (tertiary alicyclic amines) is 2. The molecule has 1 atom stereocenters. The number of hydrogen-bond acceptors (Lipinski definition) is 4. The molecule has 3 aliphatic heterocycles. The average molecular weight is 360 g/mol. The van der Waals surface area contributed by atoms with Crippen molar-refractivity contribution < 1.29 is 9.18 Å². The van der Waals surface area contributed by atoms with Crippen molar-refractivity contribution in [2.24, 2.45) is 0 Å². The second kappa shape index (κ2) is 7.53. The van der Waals surface area contributed by atoms with E-state index in [2.05, 4.69) is 14.7 Å². The molecule has 0 aliphatic carbocycles. The molecule has 1 unspecified atom stereocenters. The van der Waals surface area contributed by atoms with Crippen molar-refractivity contribution in [3.05, 3.63) is 30.1 Å². The van der Waals surface area contributed by atoms with E-state index in [1.807, 2.05) is 24.1 Å². The number of anilines is 1. The molecule has 3 heterocycles. The summed E-state index contributed by atoms with van der Waals surface area (Å²) in [5.41, 5.74) is 1.10. The van der Waals surface area contributed by atoms with Gasteiger partial charge in [-0.25, -0.2) is 4.39 Å². The maximum atomic E-state index is 13.1. The molecule has 0 radical (unpaired) electrons. The van der Waals surface area contributed by atoms with Gasteiger partial charge < -0.3 is 9.80 Å². The minimum absolute atomic E-state index is 0.0965. The Morgan fingerprint density at radius 1 is 0.923 bits per heavy atom. The lowest BCUT2D eigenvalue weighted by Crippen LogP contribution is -2.66. The van der Waals surface area contributed by atoms with Crippen LogP contribution in [0.1, 0.15) is 19.3 Å². The maximum absolute atomic E-state index is 13.1. The van der Waals surface area contributed by atoms with Gasteiger partial charge in [0.25, 0.3) is 0 Å². The zero-order valence-electron chi connectivity index (χ0n) is 15.6. The third-order valence-corrected chi connectivity index (χ3v) is 6.24. The van der Waals surface area contributed by atoms with Gasteiger partial charge in [-0.2, -0.15) is 0 Å². The molecule has 26 heavy (non-hydrogen) atoms. The Kier molecular flexibility index (Phi) is 5.14. The molecule has 0 aromatic heterocycles. The van der Waals surface area contributed by atoms with Gasteiger partial charge in [-0.3, -0.25) is 14.6 Å². The van der Waals surface area contributed by atoms with Crippen LogP contribution in [0.4, 0.5) is 10.1 Å². The van der Waals surface area contributed by atoms with Gasteiger partial charge in [-0.15, -0.1) is 0 Å². The molecule has 4 rings (SSSR count). The molecule has 3 fully saturated rings. The summed E-state index contributed by atoms with van der Waals surface area (Å²) in [4.78, 5) is 21.7. The standard InChI is InChI=1S/C20H29FN4O/c1-22-9-3-2-4-19(20(22)26)25-14-18(15-25)24-12-10-23(11-13-24)17-7-5-16(21)6-8-17/h5-8,18-19H,2-4,9-15H2,1H3. The lowest BCUT2D eigenvalue weighted by Gasteiger charge is -2.50. The predicted molar refractivity (Wildman–Crippen MR) is 101 cm³/mol. The van der Waals surface area contributed by atoms with E-state index in [1.54, 1.807) is 0 Å². The predicted octanol–water partition coefficient (Wildman–Crippen LogP) is 1.64. The Morgan fingerprint density at radius 3 is 2.31 bits per heavy atom. The van der Waals surface area contributed by atoms with Crippen molar-refractivity contribution in [1.82, 2.24) is 14.7 Å². The number of carbonyl (C=O) groups is 1. The first-order chi connectivity index (χ1) is 12.6. The third kappa shape index (κ3) is 3.58. The molecule has 1 aromatic rings. The topological polar surface area (TPSA) is 30.0 Å². The van der Waals surface area contributed by atoms with Crippen molar-refractivity contribution in [2.45, 2.75) is 31.3 Å². The molecular formula is C20H29FN4O. The first-order valence-corrected chi connectivity index (χ1v) is 9.85. The summed E-state index contributed by atoms with van der Waals surface area (Å²) in [6, 6.07) is 7.47. The van der Waals surface area contributed by atoms with Gasteiger partial charge in [0.1, 0.15) is 5.82 Å². The van der Waals surface area contributed by atoms with E-state index < -0.39 is 0 Å². The fourth-order valence-corrected chi connectivity index (χ4v) is 4.48. The summed E-state index contributed by atoms with van der Waals surface area (Å²) >= 11 is 0. The number of halogens is 1. The lowest BCUT2D eigenvalue weighted by atomic mass is 9.99. The molecule has 1 aromatic carbocycles. The van der Waals surface area contributed by atoms with E-state index in [-0.39, 0.29) is 11.9 Å². The molecule has 0 bridgehead atoms. The van der Waals surface area contributed by atoms with Crippen molar-refractivity contribution in [3.63, 3.8) is 0 Å². The van der Waals surface area contributed by atoms with Crippen LogP contribution in [-0.4, -0.2) is 85.6 Å². The highest BCUT2D eigenvalue weighted by molar-refractivity contribution is 5.82. The smallest absolute Gasteiger partial charge is 0.239 e. The van der Waals surface area contributed by atoms with Crippen LogP contribution in [-0.2, 0) is 4.79 Å². The molecule has 0 saturated carbocycles. The van der Waals surface area contributed by atoms with Gasteiger partial charge in [0.15, 0.2) is 0 Å². The van der Waals surface area contributed by atoms with Crippen LogP contribution >= 0.6 is 0 Å². The molecule has 142 valence electrons. The number of piperazine rings is 1. The second-order valence-corrected chi connectivity index (χ2v) is 7.88. The summed E-state index contributed by atoms with van der Waals surface area (Å²) in [7, 11) is 1.94. The van der Waals surface area contributed by atoms with Crippen molar-refractivity contribution >= 4 is 11.6 Å². The van der Waals surface area contributed by atoms with E-state index in [0.29, 0.717) is 11.9 Å². The Bertz CT molecular complexity index is 623. The molecule has 5 nitrogen and oxygen atoms in total. The van der Waals surface area contributed by atoms with E-state index in [1.165, 1.54) is 12.1 Å². The molecule has 3 saturated heterocycles. The van der Waals surface area contributed by atoms with Crippen LogP contribution in [0.2, 0.25) is 0 Å². The minimum Gasteiger partial charge on any atom is -0.369 e. The first kappa shape index (κ1) is 17.7. The number of likely N-dealkylation sites (N-methyl/N-ethyl adjacent to an activating group) is 1. The molecule has 0 spiro atoms. The highest BCUT2D eigenvalue weighted by atomic mass is 19.1. The lowest BCUT2D eigenvalue weighted by molar-refractivity contribution is -0.138. The van der Waals surface area contributed by atoms with Crippen LogP contribution in [0.5, 0.6) is 0 Å². The average Bonchev–Trinajstić information content (AvgIpc) is 2.78. The number of amides is 1. The van der Waals surface area contributed by atoms with Crippen LogP contribution in [0.15, 0.2) is 24.3 Å². The summed E-state index contributed by atoms with van der Waals surface area (Å²) in [6.07, 6.45) is 3.29. The monoisotopic (exact) mass is 360 g/mol. The van der Waals surface area contributed by atoms with Crippen LogP contribution in [0.25, 0.3) is 0 Å². The number of hydrogen-bond donors (Lipinski definition) is 0. The number of benzene rings is 1. The second-order valence-electron chi connectivity index (χ2n) is 7.88. The van der Waals surface area contributed by atoms with E-state index in [9.17, 15) is 9.18 Å². The van der Waals surface area contributed by atoms with Gasteiger partial charge in [0, 0.05) is 64.6 Å². The van der Waals surface area contributed by atoms with Gasteiger partial charge in [0.2, 0.25) is 5.91 Å². The molecule has 6 heteroatoms. The van der Waals surface area contributed by atoms with Crippen LogP contribution in [0.3, 0.4) is 0 Å². The zero-order chi connectivity index (χ0) is 18.1. The normalized spacial score (nSPS) is 26.7. The Labute approximate surface area is 155 Å². The Hall–Kier alpha value is -1.66. The van der Waals surface area contributed by atoms with Crippen molar-refractivity contribution in [1.29, 1.82) is 0 Å². The van der Waals surface area contributed by atoms with E-state index in [4.69, 9.17) is 0 Å². The van der Waals surface area contributed by atoms with Gasteiger partial charge in [-0.05, 0) is 43.5 Å². The SMILES string of the molecule is CN1CCCCC(N2CC(N3CCN(c4ccc(F)cc4)CC3)C2)C1=O. The quantitative estimate of drug-likeness (QED) is 0.820. The molecule has 1 amide bonds. The summed E-state index contributed by atoms with van der Waals surface area (Å²) in [5.74, 6) is 0.128. The van der Waals surface area contributed by atoms with Crippen LogP contribution < -0.4 is 4.90 Å². The highest BCUT2D eigenvalue weighted by Crippen LogP contribution is 2.25. The zero-order valence-corrected chi connectivity index (χ0v) is 15.6. The fourth-order valence-electron chi connectivity index (χ4n) is 4.48. The first-order valence-electron chi connectivity index (χ1n) is 9.85. The largest absolute Gasteiger partial charge is 0.369 e. The molecule has 3 aliphatic rings. The van der Waals surface area contributed by atoms with Gasteiger partial charge in [-0.1, -0.05) is 0 Å².